The third-order valence-corrected chi connectivity index (χ3v) is 3.85. The zero-order valence-corrected chi connectivity index (χ0v) is 10.6. The van der Waals surface area contributed by atoms with Crippen molar-refractivity contribution in [2.45, 2.75) is 44.8 Å². The number of aromatic nitrogens is 4. The van der Waals surface area contributed by atoms with Crippen molar-refractivity contribution in [2.75, 3.05) is 0 Å². The molecule has 1 fully saturated rings. The van der Waals surface area contributed by atoms with Gasteiger partial charge in [-0.15, -0.1) is 0 Å². The summed E-state index contributed by atoms with van der Waals surface area (Å²) in [5.74, 6) is 0. The highest BCUT2D eigenvalue weighted by molar-refractivity contribution is 5.08. The monoisotopic (exact) mass is 245 g/mol. The first-order chi connectivity index (χ1) is 8.84. The van der Waals surface area contributed by atoms with Gasteiger partial charge in [-0.2, -0.15) is 0 Å². The fourth-order valence-electron chi connectivity index (χ4n) is 2.79. The number of H-pyrrole nitrogens is 1. The summed E-state index contributed by atoms with van der Waals surface area (Å²) < 4.78 is 2.22. The summed E-state index contributed by atoms with van der Waals surface area (Å²) in [7, 11) is 0. The molecule has 2 aromatic rings. The van der Waals surface area contributed by atoms with Crippen molar-refractivity contribution in [3.05, 3.63) is 36.4 Å². The first kappa shape index (κ1) is 11.5. The second-order valence-corrected chi connectivity index (χ2v) is 4.97. The zero-order chi connectivity index (χ0) is 12.4. The molecule has 2 N–H and O–H groups in total. The van der Waals surface area contributed by atoms with E-state index in [1.165, 1.54) is 19.3 Å². The molecule has 1 saturated carbocycles. The molecular formula is C13H19N5. The minimum absolute atomic E-state index is 0.523. The van der Waals surface area contributed by atoms with Crippen LogP contribution in [0, 0.1) is 6.92 Å². The fraction of sp³-hybridized carbons (Fsp3) is 0.538. The number of nitrogens with zero attached hydrogens (tertiary/aromatic N) is 3. The second-order valence-electron chi connectivity index (χ2n) is 4.97. The highest BCUT2D eigenvalue weighted by Gasteiger charge is 2.27. The van der Waals surface area contributed by atoms with Crippen molar-refractivity contribution in [3.63, 3.8) is 0 Å². The van der Waals surface area contributed by atoms with Crippen LogP contribution in [0.15, 0.2) is 25.0 Å². The Labute approximate surface area is 107 Å². The Hall–Kier alpha value is -1.62. The summed E-state index contributed by atoms with van der Waals surface area (Å²) in [4.78, 5) is 11.6. The van der Waals surface area contributed by atoms with Gasteiger partial charge in [0.15, 0.2) is 0 Å². The van der Waals surface area contributed by atoms with Crippen LogP contribution in [-0.4, -0.2) is 25.6 Å². The minimum Gasteiger partial charge on any atom is -0.348 e. The van der Waals surface area contributed by atoms with E-state index in [1.807, 2.05) is 12.5 Å². The van der Waals surface area contributed by atoms with Crippen molar-refractivity contribution >= 4 is 0 Å². The van der Waals surface area contributed by atoms with Gasteiger partial charge < -0.3 is 14.9 Å². The lowest BCUT2D eigenvalue weighted by molar-refractivity contribution is 0.389. The second kappa shape index (κ2) is 4.94. The van der Waals surface area contributed by atoms with E-state index in [0.717, 1.165) is 17.9 Å². The van der Waals surface area contributed by atoms with Gasteiger partial charge in [0.25, 0.3) is 0 Å². The van der Waals surface area contributed by atoms with Crippen molar-refractivity contribution in [1.29, 1.82) is 0 Å². The van der Waals surface area contributed by atoms with Crippen LogP contribution in [0.2, 0.25) is 0 Å². The van der Waals surface area contributed by atoms with Crippen LogP contribution in [0.4, 0.5) is 0 Å². The third kappa shape index (κ3) is 2.18. The average Bonchev–Trinajstić information content (AvgIpc) is 3.07. The maximum Gasteiger partial charge on any atom is 0.0949 e. The number of nitrogens with one attached hydrogen (secondary N) is 2. The van der Waals surface area contributed by atoms with Gasteiger partial charge in [0.1, 0.15) is 0 Å². The number of hydrogen-bond acceptors (Lipinski definition) is 3. The Bertz CT molecular complexity index is 487. The van der Waals surface area contributed by atoms with E-state index in [1.54, 1.807) is 6.33 Å². The van der Waals surface area contributed by atoms with Gasteiger partial charge in [-0.05, 0) is 26.2 Å². The van der Waals surface area contributed by atoms with Crippen LogP contribution < -0.4 is 5.32 Å². The number of aryl methyl sites for hydroxylation is 1. The summed E-state index contributed by atoms with van der Waals surface area (Å²) in [5.41, 5.74) is 2.27. The van der Waals surface area contributed by atoms with Gasteiger partial charge in [0.2, 0.25) is 0 Å². The molecule has 2 atom stereocenters. The lowest BCUT2D eigenvalue weighted by atomic mass is 10.1. The molecule has 1 aliphatic rings. The van der Waals surface area contributed by atoms with Crippen LogP contribution in [0.25, 0.3) is 0 Å². The third-order valence-electron chi connectivity index (χ3n) is 3.85. The Balaban J connectivity index is 1.64. The molecule has 0 spiro atoms. The van der Waals surface area contributed by atoms with Crippen LogP contribution >= 0.6 is 0 Å². The van der Waals surface area contributed by atoms with Gasteiger partial charge in [-0.25, -0.2) is 9.97 Å². The normalized spacial score (nSPS) is 23.6. The first-order valence-electron chi connectivity index (χ1n) is 6.54. The van der Waals surface area contributed by atoms with E-state index >= 15 is 0 Å². The highest BCUT2D eigenvalue weighted by Crippen LogP contribution is 2.30. The topological polar surface area (TPSA) is 58.5 Å². The maximum absolute atomic E-state index is 4.33. The SMILES string of the molecule is Cc1[nH]cnc1CNC1CCCC1n1ccnc1. The molecule has 3 rings (SSSR count). The molecule has 2 aromatic heterocycles. The number of imidazole rings is 2. The molecule has 5 heteroatoms. The molecule has 0 saturated heterocycles. The molecule has 96 valence electrons. The quantitative estimate of drug-likeness (QED) is 0.863. The molecule has 5 nitrogen and oxygen atoms in total. The van der Waals surface area contributed by atoms with Gasteiger partial charge in [-0.1, -0.05) is 0 Å². The Kier molecular flexibility index (Phi) is 3.15. The molecule has 18 heavy (non-hydrogen) atoms. The molecule has 0 aliphatic heterocycles. The van der Waals surface area contributed by atoms with Crippen LogP contribution in [-0.2, 0) is 6.54 Å². The van der Waals surface area contributed by atoms with E-state index in [2.05, 4.69) is 38.0 Å². The summed E-state index contributed by atoms with van der Waals surface area (Å²) in [6, 6.07) is 1.06. The Morgan fingerprint density at radius 1 is 1.50 bits per heavy atom. The molecule has 0 bridgehead atoms. The predicted molar refractivity (Wildman–Crippen MR) is 69.1 cm³/mol. The average molecular weight is 245 g/mol. The van der Waals surface area contributed by atoms with Gasteiger partial charge >= 0.3 is 0 Å². The predicted octanol–water partition coefficient (Wildman–Crippen LogP) is 1.80. The molecule has 0 radical (unpaired) electrons. The van der Waals surface area contributed by atoms with E-state index in [4.69, 9.17) is 0 Å². The molecule has 1 aliphatic carbocycles. The van der Waals surface area contributed by atoms with Crippen LogP contribution in [0.1, 0.15) is 36.7 Å². The summed E-state index contributed by atoms with van der Waals surface area (Å²) >= 11 is 0. The van der Waals surface area contributed by atoms with E-state index < -0.39 is 0 Å². The van der Waals surface area contributed by atoms with E-state index in [9.17, 15) is 0 Å². The van der Waals surface area contributed by atoms with Crippen molar-refractivity contribution < 1.29 is 0 Å². The molecule has 2 unspecified atom stereocenters. The zero-order valence-electron chi connectivity index (χ0n) is 10.6. The van der Waals surface area contributed by atoms with Crippen molar-refractivity contribution in [3.8, 4) is 0 Å². The van der Waals surface area contributed by atoms with Crippen molar-refractivity contribution in [1.82, 2.24) is 24.8 Å². The van der Waals surface area contributed by atoms with E-state index in [0.29, 0.717) is 12.1 Å². The largest absolute Gasteiger partial charge is 0.348 e. The smallest absolute Gasteiger partial charge is 0.0949 e. The first-order valence-corrected chi connectivity index (χ1v) is 6.54. The van der Waals surface area contributed by atoms with Gasteiger partial charge in [0.05, 0.1) is 18.3 Å². The lowest BCUT2D eigenvalue weighted by Crippen LogP contribution is -2.33. The van der Waals surface area contributed by atoms with Gasteiger partial charge in [0, 0.05) is 36.7 Å². The summed E-state index contributed by atoms with van der Waals surface area (Å²) in [6.07, 6.45) is 11.3. The summed E-state index contributed by atoms with van der Waals surface area (Å²) in [5, 5.41) is 3.63. The van der Waals surface area contributed by atoms with E-state index in [-0.39, 0.29) is 0 Å². The molecular weight excluding hydrogens is 226 g/mol. The molecule has 2 heterocycles. The fourth-order valence-corrected chi connectivity index (χ4v) is 2.79. The summed E-state index contributed by atoms with van der Waals surface area (Å²) in [6.45, 7) is 2.90. The minimum atomic E-state index is 0.523. The Morgan fingerprint density at radius 3 is 3.17 bits per heavy atom. The number of hydrogen-bond donors (Lipinski definition) is 2. The van der Waals surface area contributed by atoms with Crippen LogP contribution in [0.3, 0.4) is 0 Å². The van der Waals surface area contributed by atoms with Crippen molar-refractivity contribution in [2.24, 2.45) is 0 Å². The number of rotatable bonds is 4. The van der Waals surface area contributed by atoms with Crippen LogP contribution in [0.5, 0.6) is 0 Å². The van der Waals surface area contributed by atoms with Gasteiger partial charge in [-0.3, -0.25) is 0 Å². The highest BCUT2D eigenvalue weighted by atomic mass is 15.1. The number of aromatic amines is 1. The molecule has 0 aromatic carbocycles. The standard InChI is InChI=1S/C13H19N5/c1-10-12(17-8-16-10)7-15-11-3-2-4-13(11)18-6-5-14-9-18/h5-6,8-9,11,13,15H,2-4,7H2,1H3,(H,16,17). The lowest BCUT2D eigenvalue weighted by Gasteiger charge is -2.22. The molecule has 0 amide bonds. The Morgan fingerprint density at radius 2 is 2.44 bits per heavy atom. The maximum atomic E-state index is 4.33.